The molecule has 3 rings (SSSR count). The molecule has 22 heavy (non-hydrogen) atoms. The molecule has 0 aliphatic rings. The standard InChI is InChI=1S/C14H7Cl2N3O2S/c15-9-5-11-13(12(16)6-9)18-22-14(11)17-7-8-1-3-10(4-2-8)19(20)21/h1-7H. The van der Waals surface area contributed by atoms with Gasteiger partial charge in [-0.25, -0.2) is 4.99 Å². The second kappa shape index (κ2) is 6.00. The minimum atomic E-state index is -0.443. The molecule has 0 N–H and O–H groups in total. The predicted molar refractivity (Wildman–Crippen MR) is 90.0 cm³/mol. The molecule has 3 aromatic rings. The van der Waals surface area contributed by atoms with Crippen LogP contribution in [0.4, 0.5) is 10.7 Å². The van der Waals surface area contributed by atoms with Crippen molar-refractivity contribution in [3.63, 3.8) is 0 Å². The summed E-state index contributed by atoms with van der Waals surface area (Å²) in [5.41, 5.74) is 1.45. The monoisotopic (exact) mass is 351 g/mol. The number of hydrogen-bond donors (Lipinski definition) is 0. The fourth-order valence-electron chi connectivity index (χ4n) is 1.87. The third-order valence-electron chi connectivity index (χ3n) is 2.92. The molecule has 8 heteroatoms. The number of nitro groups is 1. The third kappa shape index (κ3) is 2.94. The number of benzene rings is 2. The van der Waals surface area contributed by atoms with Gasteiger partial charge in [0, 0.05) is 28.8 Å². The number of rotatable bonds is 3. The summed E-state index contributed by atoms with van der Waals surface area (Å²) in [5, 5.41) is 13.1. The number of nitro benzene ring substituents is 1. The Morgan fingerprint density at radius 2 is 1.95 bits per heavy atom. The van der Waals surface area contributed by atoms with Crippen molar-refractivity contribution in [2.45, 2.75) is 0 Å². The van der Waals surface area contributed by atoms with Crippen LogP contribution in [0.15, 0.2) is 41.4 Å². The van der Waals surface area contributed by atoms with Crippen LogP contribution in [0, 0.1) is 10.1 Å². The molecule has 0 spiro atoms. The van der Waals surface area contributed by atoms with Gasteiger partial charge in [0.25, 0.3) is 5.69 Å². The Balaban J connectivity index is 1.94. The van der Waals surface area contributed by atoms with E-state index in [0.29, 0.717) is 20.6 Å². The molecule has 0 amide bonds. The first-order valence-electron chi connectivity index (χ1n) is 6.07. The van der Waals surface area contributed by atoms with Gasteiger partial charge in [0.1, 0.15) is 10.5 Å². The molecule has 1 aromatic heterocycles. The maximum Gasteiger partial charge on any atom is 0.269 e. The summed E-state index contributed by atoms with van der Waals surface area (Å²) in [6, 6.07) is 9.51. The zero-order chi connectivity index (χ0) is 15.7. The summed E-state index contributed by atoms with van der Waals surface area (Å²) in [6.07, 6.45) is 1.62. The van der Waals surface area contributed by atoms with Gasteiger partial charge in [-0.3, -0.25) is 10.1 Å². The van der Waals surface area contributed by atoms with Crippen LogP contribution in [-0.4, -0.2) is 15.5 Å². The van der Waals surface area contributed by atoms with Crippen molar-refractivity contribution in [2.24, 2.45) is 4.99 Å². The molecule has 0 radical (unpaired) electrons. The van der Waals surface area contributed by atoms with E-state index in [0.717, 1.165) is 10.9 Å². The van der Waals surface area contributed by atoms with Gasteiger partial charge in [-0.15, -0.1) is 0 Å². The van der Waals surface area contributed by atoms with Crippen LogP contribution in [0.25, 0.3) is 10.9 Å². The second-order valence-electron chi connectivity index (χ2n) is 4.38. The Morgan fingerprint density at radius 3 is 2.64 bits per heavy atom. The molecular weight excluding hydrogens is 345 g/mol. The maximum absolute atomic E-state index is 10.6. The van der Waals surface area contributed by atoms with Gasteiger partial charge in [0.2, 0.25) is 0 Å². The number of aromatic nitrogens is 1. The van der Waals surface area contributed by atoms with Gasteiger partial charge in [0.15, 0.2) is 0 Å². The number of non-ortho nitro benzene ring substituents is 1. The average molecular weight is 352 g/mol. The third-order valence-corrected chi connectivity index (χ3v) is 4.20. The lowest BCUT2D eigenvalue weighted by atomic mass is 10.2. The first kappa shape index (κ1) is 14.9. The van der Waals surface area contributed by atoms with E-state index in [1.807, 2.05) is 0 Å². The van der Waals surface area contributed by atoms with Crippen LogP contribution in [-0.2, 0) is 0 Å². The molecule has 0 fully saturated rings. The summed E-state index contributed by atoms with van der Waals surface area (Å²) in [4.78, 5) is 14.5. The summed E-state index contributed by atoms with van der Waals surface area (Å²) in [6.45, 7) is 0. The zero-order valence-electron chi connectivity index (χ0n) is 10.9. The van der Waals surface area contributed by atoms with Crippen LogP contribution >= 0.6 is 34.7 Å². The van der Waals surface area contributed by atoms with Gasteiger partial charge in [0.05, 0.1) is 9.95 Å². The van der Waals surface area contributed by atoms with Gasteiger partial charge in [-0.1, -0.05) is 23.2 Å². The van der Waals surface area contributed by atoms with E-state index < -0.39 is 4.92 Å². The Kier molecular flexibility index (Phi) is 4.06. The van der Waals surface area contributed by atoms with Crippen LogP contribution in [0.2, 0.25) is 10.0 Å². The number of nitrogens with zero attached hydrogens (tertiary/aromatic N) is 3. The SMILES string of the molecule is O=[N+]([O-])c1ccc(C=Nc2snc3c(Cl)cc(Cl)cc23)cc1. The highest BCUT2D eigenvalue weighted by molar-refractivity contribution is 7.11. The maximum atomic E-state index is 10.6. The lowest BCUT2D eigenvalue weighted by molar-refractivity contribution is -0.384. The normalized spacial score (nSPS) is 11.4. The first-order chi connectivity index (χ1) is 10.5. The highest BCUT2D eigenvalue weighted by Crippen LogP contribution is 2.36. The smallest absolute Gasteiger partial charge is 0.258 e. The Morgan fingerprint density at radius 1 is 1.23 bits per heavy atom. The van der Waals surface area contributed by atoms with E-state index >= 15 is 0 Å². The zero-order valence-corrected chi connectivity index (χ0v) is 13.2. The number of hydrogen-bond acceptors (Lipinski definition) is 5. The van der Waals surface area contributed by atoms with Crippen molar-refractivity contribution in [1.82, 2.24) is 4.37 Å². The van der Waals surface area contributed by atoms with Crippen molar-refractivity contribution in [3.05, 3.63) is 62.1 Å². The molecule has 0 saturated heterocycles. The number of aliphatic imine (C=N–C) groups is 1. The molecule has 0 unspecified atom stereocenters. The minimum Gasteiger partial charge on any atom is -0.258 e. The molecule has 5 nitrogen and oxygen atoms in total. The van der Waals surface area contributed by atoms with Crippen molar-refractivity contribution < 1.29 is 4.92 Å². The quantitative estimate of drug-likeness (QED) is 0.367. The lowest BCUT2D eigenvalue weighted by Crippen LogP contribution is -1.88. The van der Waals surface area contributed by atoms with E-state index in [9.17, 15) is 10.1 Å². The van der Waals surface area contributed by atoms with Crippen LogP contribution in [0.1, 0.15) is 5.56 Å². The molecule has 0 aliphatic carbocycles. The van der Waals surface area contributed by atoms with Crippen molar-refractivity contribution in [2.75, 3.05) is 0 Å². The number of fused-ring (bicyclic) bond motifs is 1. The molecule has 0 saturated carbocycles. The minimum absolute atomic E-state index is 0.0407. The summed E-state index contributed by atoms with van der Waals surface area (Å²) < 4.78 is 4.26. The van der Waals surface area contributed by atoms with Crippen molar-refractivity contribution in [1.29, 1.82) is 0 Å². The summed E-state index contributed by atoms with van der Waals surface area (Å²) in [5.74, 6) is 0. The molecule has 2 aromatic carbocycles. The Hall–Kier alpha value is -2.02. The van der Waals surface area contributed by atoms with E-state index in [4.69, 9.17) is 23.2 Å². The van der Waals surface area contributed by atoms with Crippen LogP contribution < -0.4 is 0 Å². The summed E-state index contributed by atoms with van der Waals surface area (Å²) in [7, 11) is 0. The Bertz CT molecular complexity index is 891. The molecule has 1 heterocycles. The largest absolute Gasteiger partial charge is 0.269 e. The van der Waals surface area contributed by atoms with Gasteiger partial charge in [-0.05, 0) is 41.4 Å². The van der Waals surface area contributed by atoms with Gasteiger partial charge in [-0.2, -0.15) is 4.37 Å². The van der Waals surface area contributed by atoms with E-state index in [2.05, 4.69) is 9.37 Å². The molecule has 110 valence electrons. The Labute approximate surface area is 139 Å². The topological polar surface area (TPSA) is 68.4 Å². The predicted octanol–water partition coefficient (Wildman–Crippen LogP) is 5.26. The molecular formula is C14H7Cl2N3O2S. The fourth-order valence-corrected chi connectivity index (χ4v) is 3.18. The van der Waals surface area contributed by atoms with Crippen LogP contribution in [0.3, 0.4) is 0 Å². The van der Waals surface area contributed by atoms with Crippen molar-refractivity contribution >= 4 is 62.5 Å². The fraction of sp³-hybridized carbons (Fsp3) is 0. The van der Waals surface area contributed by atoms with E-state index in [1.54, 1.807) is 30.5 Å². The molecule has 0 bridgehead atoms. The second-order valence-corrected chi connectivity index (χ2v) is 5.97. The number of halogens is 2. The van der Waals surface area contributed by atoms with Crippen LogP contribution in [0.5, 0.6) is 0 Å². The highest BCUT2D eigenvalue weighted by atomic mass is 35.5. The average Bonchev–Trinajstić information content (AvgIpc) is 2.89. The van der Waals surface area contributed by atoms with Gasteiger partial charge >= 0.3 is 0 Å². The lowest BCUT2D eigenvalue weighted by Gasteiger charge is -1.96. The molecule has 0 aliphatic heterocycles. The highest BCUT2D eigenvalue weighted by Gasteiger charge is 2.09. The van der Waals surface area contributed by atoms with Crippen molar-refractivity contribution in [3.8, 4) is 0 Å². The molecule has 0 atom stereocenters. The van der Waals surface area contributed by atoms with E-state index in [-0.39, 0.29) is 5.69 Å². The first-order valence-corrected chi connectivity index (χ1v) is 7.60. The van der Waals surface area contributed by atoms with E-state index in [1.165, 1.54) is 23.7 Å². The van der Waals surface area contributed by atoms with Gasteiger partial charge < -0.3 is 0 Å². The summed E-state index contributed by atoms with van der Waals surface area (Å²) >= 11 is 13.3.